The van der Waals surface area contributed by atoms with Crippen molar-refractivity contribution in [3.8, 4) is 0 Å². The first-order valence-corrected chi connectivity index (χ1v) is 7.50. The molecule has 2 unspecified atom stereocenters. The number of halogens is 1. The van der Waals surface area contributed by atoms with E-state index in [-0.39, 0.29) is 17.8 Å². The molecule has 0 saturated carbocycles. The van der Waals surface area contributed by atoms with E-state index in [2.05, 4.69) is 10.6 Å². The highest BCUT2D eigenvalue weighted by molar-refractivity contribution is 5.88. The van der Waals surface area contributed by atoms with E-state index in [1.54, 1.807) is 12.1 Å². The Hall–Kier alpha value is -2.24. The molecule has 0 aromatic heterocycles. The van der Waals surface area contributed by atoms with Crippen LogP contribution in [0.4, 0.5) is 10.1 Å². The van der Waals surface area contributed by atoms with Crippen LogP contribution >= 0.6 is 0 Å². The van der Waals surface area contributed by atoms with Crippen LogP contribution in [0.3, 0.4) is 0 Å². The van der Waals surface area contributed by atoms with E-state index >= 15 is 0 Å². The lowest BCUT2D eigenvalue weighted by Gasteiger charge is -2.18. The molecule has 0 radical (unpaired) electrons. The normalized spacial score (nSPS) is 13.4. The smallest absolute Gasteiger partial charge is 0.221 e. The summed E-state index contributed by atoms with van der Waals surface area (Å²) in [4.78, 5) is 11.1. The number of benzene rings is 2. The van der Waals surface area contributed by atoms with Crippen molar-refractivity contribution < 1.29 is 14.3 Å². The topological polar surface area (TPSA) is 61.4 Å². The molecule has 0 aliphatic rings. The number of carbonyl (C=O) groups excluding carboxylic acids is 1. The zero-order valence-corrected chi connectivity index (χ0v) is 13.2. The molecule has 0 spiro atoms. The summed E-state index contributed by atoms with van der Waals surface area (Å²) in [5.41, 5.74) is 2.26. The summed E-state index contributed by atoms with van der Waals surface area (Å²) >= 11 is 0. The van der Waals surface area contributed by atoms with E-state index in [0.717, 1.165) is 11.3 Å². The van der Waals surface area contributed by atoms with Crippen molar-refractivity contribution in [2.24, 2.45) is 0 Å². The maximum absolute atomic E-state index is 13.2. The highest BCUT2D eigenvalue weighted by Gasteiger charge is 2.11. The molecule has 0 bridgehead atoms. The van der Waals surface area contributed by atoms with Crippen molar-refractivity contribution in [2.45, 2.75) is 26.0 Å². The first-order valence-electron chi connectivity index (χ1n) is 7.50. The second kappa shape index (κ2) is 7.85. The van der Waals surface area contributed by atoms with Crippen LogP contribution in [-0.4, -0.2) is 17.6 Å². The Labute approximate surface area is 135 Å². The number of carbonyl (C=O) groups is 1. The number of hydrogen-bond acceptors (Lipinski definition) is 3. The maximum Gasteiger partial charge on any atom is 0.221 e. The highest BCUT2D eigenvalue weighted by atomic mass is 19.1. The number of hydrogen-bond donors (Lipinski definition) is 3. The number of rotatable bonds is 6. The van der Waals surface area contributed by atoms with Crippen molar-refractivity contribution in [2.75, 3.05) is 11.9 Å². The maximum atomic E-state index is 13.2. The molecule has 2 aromatic rings. The van der Waals surface area contributed by atoms with Gasteiger partial charge in [0.15, 0.2) is 0 Å². The van der Waals surface area contributed by atoms with Gasteiger partial charge < -0.3 is 15.7 Å². The highest BCUT2D eigenvalue weighted by Crippen LogP contribution is 2.19. The molecular formula is C18H21FN2O2. The molecule has 2 atom stereocenters. The number of amides is 1. The van der Waals surface area contributed by atoms with Crippen LogP contribution in [0.1, 0.15) is 37.1 Å². The van der Waals surface area contributed by atoms with Gasteiger partial charge >= 0.3 is 0 Å². The van der Waals surface area contributed by atoms with Gasteiger partial charge in [0.1, 0.15) is 5.82 Å². The van der Waals surface area contributed by atoms with Crippen LogP contribution in [0.15, 0.2) is 48.5 Å². The molecule has 2 aromatic carbocycles. The lowest BCUT2D eigenvalue weighted by atomic mass is 10.1. The first kappa shape index (κ1) is 17.1. The zero-order chi connectivity index (χ0) is 16.8. The molecule has 3 N–H and O–H groups in total. The van der Waals surface area contributed by atoms with E-state index in [1.165, 1.54) is 19.1 Å². The SMILES string of the molecule is CC(=O)Nc1cccc(C(C)NCC(O)c2cccc(F)c2)c1. The molecule has 0 heterocycles. The monoisotopic (exact) mass is 316 g/mol. The lowest BCUT2D eigenvalue weighted by molar-refractivity contribution is -0.114. The van der Waals surface area contributed by atoms with E-state index < -0.39 is 6.10 Å². The Bertz CT molecular complexity index is 676. The summed E-state index contributed by atoms with van der Waals surface area (Å²) in [6.07, 6.45) is -0.785. The van der Waals surface area contributed by atoms with E-state index in [0.29, 0.717) is 12.1 Å². The van der Waals surface area contributed by atoms with Crippen molar-refractivity contribution in [3.05, 3.63) is 65.5 Å². The summed E-state index contributed by atoms with van der Waals surface area (Å²) in [5, 5.41) is 16.1. The summed E-state index contributed by atoms with van der Waals surface area (Å²) in [7, 11) is 0. The van der Waals surface area contributed by atoms with Crippen LogP contribution in [0, 0.1) is 5.82 Å². The van der Waals surface area contributed by atoms with Crippen LogP contribution < -0.4 is 10.6 Å². The number of aliphatic hydroxyl groups excluding tert-OH is 1. The second-order valence-corrected chi connectivity index (χ2v) is 5.51. The van der Waals surface area contributed by atoms with Crippen LogP contribution in [0.2, 0.25) is 0 Å². The molecule has 0 saturated heterocycles. The Balaban J connectivity index is 1.96. The van der Waals surface area contributed by atoms with Gasteiger partial charge in [-0.15, -0.1) is 0 Å². The molecule has 5 heteroatoms. The van der Waals surface area contributed by atoms with Crippen LogP contribution in [0.25, 0.3) is 0 Å². The molecular weight excluding hydrogens is 295 g/mol. The van der Waals surface area contributed by atoms with Gasteiger partial charge in [0.25, 0.3) is 0 Å². The fourth-order valence-electron chi connectivity index (χ4n) is 2.33. The Kier molecular flexibility index (Phi) is 5.84. The third-order valence-corrected chi connectivity index (χ3v) is 3.56. The van der Waals surface area contributed by atoms with Crippen molar-refractivity contribution >= 4 is 11.6 Å². The van der Waals surface area contributed by atoms with E-state index in [4.69, 9.17) is 0 Å². The van der Waals surface area contributed by atoms with E-state index in [1.807, 2.05) is 31.2 Å². The average molecular weight is 316 g/mol. The van der Waals surface area contributed by atoms with Gasteiger partial charge in [-0.1, -0.05) is 24.3 Å². The first-order chi connectivity index (χ1) is 11.0. The molecule has 23 heavy (non-hydrogen) atoms. The fourth-order valence-corrected chi connectivity index (χ4v) is 2.33. The van der Waals surface area contributed by atoms with Crippen molar-refractivity contribution in [1.29, 1.82) is 0 Å². The quantitative estimate of drug-likeness (QED) is 0.767. The number of nitrogens with one attached hydrogen (secondary N) is 2. The van der Waals surface area contributed by atoms with Crippen molar-refractivity contribution in [1.82, 2.24) is 5.32 Å². The van der Waals surface area contributed by atoms with Crippen LogP contribution in [-0.2, 0) is 4.79 Å². The molecule has 2 rings (SSSR count). The van der Waals surface area contributed by atoms with Gasteiger partial charge in [-0.05, 0) is 42.3 Å². The van der Waals surface area contributed by atoms with Crippen molar-refractivity contribution in [3.63, 3.8) is 0 Å². The Morgan fingerprint density at radius 2 is 1.87 bits per heavy atom. The minimum atomic E-state index is -0.785. The van der Waals surface area contributed by atoms with E-state index in [9.17, 15) is 14.3 Å². The molecule has 122 valence electrons. The second-order valence-electron chi connectivity index (χ2n) is 5.51. The van der Waals surface area contributed by atoms with Gasteiger partial charge in [-0.3, -0.25) is 4.79 Å². The minimum absolute atomic E-state index is 0.0214. The summed E-state index contributed by atoms with van der Waals surface area (Å²) in [6, 6.07) is 13.4. The Morgan fingerprint density at radius 3 is 2.57 bits per heavy atom. The predicted molar refractivity (Wildman–Crippen MR) is 88.5 cm³/mol. The fraction of sp³-hybridized carbons (Fsp3) is 0.278. The van der Waals surface area contributed by atoms with Gasteiger partial charge in [0, 0.05) is 25.2 Å². The summed E-state index contributed by atoms with van der Waals surface area (Å²) in [6.45, 7) is 3.73. The molecule has 0 fully saturated rings. The number of aliphatic hydroxyl groups is 1. The van der Waals surface area contributed by atoms with Gasteiger partial charge in [-0.25, -0.2) is 4.39 Å². The summed E-state index contributed by atoms with van der Waals surface area (Å²) in [5.74, 6) is -0.484. The lowest BCUT2D eigenvalue weighted by Crippen LogP contribution is -2.24. The Morgan fingerprint density at radius 1 is 1.17 bits per heavy atom. The number of anilines is 1. The third kappa shape index (κ3) is 5.16. The average Bonchev–Trinajstić information content (AvgIpc) is 2.52. The summed E-state index contributed by atoms with van der Waals surface area (Å²) < 4.78 is 13.2. The molecule has 4 nitrogen and oxygen atoms in total. The third-order valence-electron chi connectivity index (χ3n) is 3.56. The standard InChI is InChI=1S/C18H21FN2O2/c1-12(14-5-4-8-17(10-14)21-13(2)22)20-11-18(23)15-6-3-7-16(19)9-15/h3-10,12,18,20,23H,11H2,1-2H3,(H,21,22). The van der Waals surface area contributed by atoms with Gasteiger partial charge in [0.05, 0.1) is 6.10 Å². The molecule has 0 aliphatic heterocycles. The molecule has 0 aliphatic carbocycles. The van der Waals surface area contributed by atoms with Gasteiger partial charge in [-0.2, -0.15) is 0 Å². The van der Waals surface area contributed by atoms with Gasteiger partial charge in [0.2, 0.25) is 5.91 Å². The molecule has 1 amide bonds. The zero-order valence-electron chi connectivity index (χ0n) is 13.2. The van der Waals surface area contributed by atoms with Crippen LogP contribution in [0.5, 0.6) is 0 Å². The minimum Gasteiger partial charge on any atom is -0.387 e. The predicted octanol–water partition coefficient (Wildman–Crippen LogP) is 3.17. The largest absolute Gasteiger partial charge is 0.387 e.